The molecule has 3 N–H and O–H groups in total. The zero-order valence-electron chi connectivity index (χ0n) is 34.9. The van der Waals surface area contributed by atoms with Crippen LogP contribution >= 0.6 is 0 Å². The van der Waals surface area contributed by atoms with Gasteiger partial charge in [0.25, 0.3) is 11.8 Å². The SMILES string of the molecule is CNc1cc(N2CCc3c(N4CC[C@H](CN5CCC6(CN(c7ccc8c(c7)n(C)c(=O)n8C7CCC(=O)NC7=O)C6)C(F)(F)C5)C4)cccc32)nn2c(C(=O)NC3CC3)cnc12. The Hall–Kier alpha value is -6.04. The number of carbonyl (C=O) groups excluding carboxylic acids is 3. The van der Waals surface area contributed by atoms with Gasteiger partial charge in [-0.3, -0.25) is 33.7 Å². The molecule has 5 aliphatic heterocycles. The summed E-state index contributed by atoms with van der Waals surface area (Å²) in [6.07, 6.45) is 6.13. The molecule has 8 heterocycles. The molecule has 4 saturated heterocycles. The number of carbonyl (C=O) groups is 3. The molecule has 2 atom stereocenters. The number of imide groups is 1. The largest absolute Gasteiger partial charge is 0.385 e. The quantitative estimate of drug-likeness (QED) is 0.186. The van der Waals surface area contributed by atoms with Crippen LogP contribution in [0.2, 0.25) is 0 Å². The monoisotopic (exact) mass is 848 g/mol. The number of amides is 3. The molecule has 5 fully saturated rings. The minimum atomic E-state index is -2.86. The number of nitrogens with one attached hydrogen (secondary N) is 3. The maximum Gasteiger partial charge on any atom is 0.329 e. The van der Waals surface area contributed by atoms with E-state index in [0.717, 1.165) is 68.2 Å². The lowest BCUT2D eigenvalue weighted by Crippen LogP contribution is -2.70. The lowest BCUT2D eigenvalue weighted by atomic mass is 9.68. The first-order valence-corrected chi connectivity index (χ1v) is 21.8. The number of hydrogen-bond donors (Lipinski definition) is 3. The number of rotatable bonds is 9. The van der Waals surface area contributed by atoms with Crippen molar-refractivity contribution in [3.05, 3.63) is 70.4 Å². The second kappa shape index (κ2) is 14.3. The Morgan fingerprint density at radius 1 is 0.935 bits per heavy atom. The number of benzene rings is 2. The van der Waals surface area contributed by atoms with Gasteiger partial charge in [0.1, 0.15) is 6.04 Å². The van der Waals surface area contributed by atoms with Gasteiger partial charge >= 0.3 is 5.69 Å². The van der Waals surface area contributed by atoms with E-state index < -0.39 is 23.3 Å². The Morgan fingerprint density at radius 2 is 1.76 bits per heavy atom. The number of hydrogen-bond acceptors (Lipinski definition) is 11. The molecule has 3 amide bonds. The molecular weight excluding hydrogens is 799 g/mol. The van der Waals surface area contributed by atoms with E-state index in [1.807, 2.05) is 35.0 Å². The van der Waals surface area contributed by atoms with Crippen molar-refractivity contribution in [2.75, 3.05) is 79.4 Å². The molecule has 5 aromatic rings. The number of imidazole rings is 2. The summed E-state index contributed by atoms with van der Waals surface area (Å²) in [5.41, 5.74) is 5.75. The number of anilines is 5. The number of piperidine rings is 2. The highest BCUT2D eigenvalue weighted by molar-refractivity contribution is 6.00. The van der Waals surface area contributed by atoms with Gasteiger partial charge in [0.15, 0.2) is 17.2 Å². The zero-order chi connectivity index (χ0) is 42.7. The third-order valence-corrected chi connectivity index (χ3v) is 14.3. The van der Waals surface area contributed by atoms with Gasteiger partial charge in [-0.05, 0) is 81.3 Å². The highest BCUT2D eigenvalue weighted by atomic mass is 19.3. The highest BCUT2D eigenvalue weighted by Gasteiger charge is 2.62. The van der Waals surface area contributed by atoms with Crippen molar-refractivity contribution in [3.8, 4) is 0 Å². The first kappa shape index (κ1) is 38.9. The smallest absolute Gasteiger partial charge is 0.329 e. The number of alkyl halides is 2. The van der Waals surface area contributed by atoms with Crippen LogP contribution in [0.25, 0.3) is 16.7 Å². The fourth-order valence-electron chi connectivity index (χ4n) is 10.7. The van der Waals surface area contributed by atoms with Crippen LogP contribution in [0, 0.1) is 11.3 Å². The first-order chi connectivity index (χ1) is 29.9. The number of nitrogens with zero attached hydrogens (tertiary/aromatic N) is 9. The first-order valence-electron chi connectivity index (χ1n) is 21.8. The van der Waals surface area contributed by atoms with E-state index in [1.54, 1.807) is 23.8 Å². The Labute approximate surface area is 355 Å². The third kappa shape index (κ3) is 6.22. The van der Waals surface area contributed by atoms with Crippen LogP contribution in [0.3, 0.4) is 0 Å². The van der Waals surface area contributed by atoms with Gasteiger partial charge < -0.3 is 25.3 Å². The van der Waals surface area contributed by atoms with Gasteiger partial charge in [-0.1, -0.05) is 6.07 Å². The van der Waals surface area contributed by atoms with E-state index >= 15 is 8.78 Å². The van der Waals surface area contributed by atoms with Crippen molar-refractivity contribution < 1.29 is 23.2 Å². The predicted molar refractivity (Wildman–Crippen MR) is 230 cm³/mol. The highest BCUT2D eigenvalue weighted by Crippen LogP contribution is 2.52. The fraction of sp³-hybridized carbons (Fsp3) is 0.500. The van der Waals surface area contributed by atoms with Crippen LogP contribution in [0.5, 0.6) is 0 Å². The lowest BCUT2D eigenvalue weighted by molar-refractivity contribution is -0.180. The van der Waals surface area contributed by atoms with Crippen LogP contribution < -0.4 is 36.3 Å². The van der Waals surface area contributed by atoms with E-state index in [9.17, 15) is 19.2 Å². The van der Waals surface area contributed by atoms with E-state index in [0.29, 0.717) is 41.9 Å². The molecule has 11 rings (SSSR count). The van der Waals surface area contributed by atoms with Crippen molar-refractivity contribution >= 4 is 63.0 Å². The molecule has 1 saturated carbocycles. The minimum Gasteiger partial charge on any atom is -0.385 e. The van der Waals surface area contributed by atoms with E-state index in [2.05, 4.69) is 48.9 Å². The number of aryl methyl sites for hydroxylation is 1. The van der Waals surface area contributed by atoms with Crippen LogP contribution in [-0.4, -0.2) is 118 Å². The summed E-state index contributed by atoms with van der Waals surface area (Å²) in [4.78, 5) is 63.8. The Kier molecular flexibility index (Phi) is 8.93. The topological polar surface area (TPSA) is 157 Å². The van der Waals surface area contributed by atoms with Gasteiger partial charge in [0.2, 0.25) is 11.8 Å². The maximum atomic E-state index is 16.2. The molecule has 1 unspecified atom stereocenters. The molecule has 3 aromatic heterocycles. The summed E-state index contributed by atoms with van der Waals surface area (Å²) in [5, 5.41) is 13.5. The fourth-order valence-corrected chi connectivity index (χ4v) is 10.7. The van der Waals surface area contributed by atoms with Gasteiger partial charge in [0.05, 0.1) is 34.9 Å². The number of fused-ring (bicyclic) bond motifs is 3. The van der Waals surface area contributed by atoms with E-state index in [-0.39, 0.29) is 61.9 Å². The molecule has 6 aliphatic rings. The van der Waals surface area contributed by atoms with Crippen LogP contribution in [0.4, 0.5) is 37.3 Å². The van der Waals surface area contributed by atoms with Crippen molar-refractivity contribution in [1.29, 1.82) is 0 Å². The molecule has 16 nitrogen and oxygen atoms in total. The molecule has 2 aromatic carbocycles. The molecule has 1 spiro atoms. The van der Waals surface area contributed by atoms with Gasteiger partial charge in [-0.15, -0.1) is 5.10 Å². The standard InChI is InChI=1S/C44H50F2N12O4/c1-47-30-19-37(51-58-36(20-48-39(30)58)41(61)49-27-6-7-27)56-16-13-29-31(4-3-5-32(29)56)54-15-12-26(22-54)21-53-17-14-43(44(45,46)25-53)23-55(24-43)28-8-9-33-35(18-28)52(2)42(62)57(33)34-10-11-38(59)50-40(34)60/h3-5,8-9,18-20,26-27,34,47H,6-7,10-17,21-25H2,1-2H3,(H,49,61)(H,50,59,60)/t26-,34?/m1/s1. The van der Waals surface area contributed by atoms with Gasteiger partial charge in [0, 0.05) is 94.5 Å². The second-order valence-electron chi connectivity index (χ2n) is 18.2. The second-order valence-corrected chi connectivity index (χ2v) is 18.2. The zero-order valence-corrected chi connectivity index (χ0v) is 34.9. The summed E-state index contributed by atoms with van der Waals surface area (Å²) in [6.45, 7) is 3.84. The predicted octanol–water partition coefficient (Wildman–Crippen LogP) is 3.66. The Balaban J connectivity index is 0.739. The maximum absolute atomic E-state index is 16.2. The van der Waals surface area contributed by atoms with Crippen molar-refractivity contribution in [2.24, 2.45) is 18.4 Å². The normalized spacial score (nSPS) is 23.3. The Morgan fingerprint density at radius 3 is 2.53 bits per heavy atom. The molecular formula is C44H50F2N12O4. The number of halogens is 2. The van der Waals surface area contributed by atoms with Crippen molar-refractivity contribution in [1.82, 2.24) is 39.3 Å². The summed E-state index contributed by atoms with van der Waals surface area (Å²) in [7, 11) is 3.48. The lowest BCUT2D eigenvalue weighted by Gasteiger charge is -2.58. The van der Waals surface area contributed by atoms with Crippen molar-refractivity contribution in [3.63, 3.8) is 0 Å². The van der Waals surface area contributed by atoms with Crippen molar-refractivity contribution in [2.45, 2.75) is 63.0 Å². The van der Waals surface area contributed by atoms with Gasteiger partial charge in [-0.2, -0.15) is 0 Å². The van der Waals surface area contributed by atoms with E-state index in [4.69, 9.17) is 5.10 Å². The third-order valence-electron chi connectivity index (χ3n) is 14.3. The van der Waals surface area contributed by atoms with Crippen LogP contribution in [0.15, 0.2) is 53.5 Å². The minimum absolute atomic E-state index is 0.154. The summed E-state index contributed by atoms with van der Waals surface area (Å²) in [6, 6.07) is 13.2. The average molecular weight is 849 g/mol. The average Bonchev–Trinajstić information content (AvgIpc) is 3.53. The summed E-state index contributed by atoms with van der Waals surface area (Å²) >= 11 is 0. The molecule has 1 aliphatic carbocycles. The molecule has 18 heteroatoms. The molecule has 62 heavy (non-hydrogen) atoms. The molecule has 324 valence electrons. The number of aromatic nitrogens is 5. The molecule has 0 bridgehead atoms. The Bertz CT molecular complexity index is 2730. The van der Waals surface area contributed by atoms with Crippen LogP contribution in [-0.2, 0) is 23.1 Å². The van der Waals surface area contributed by atoms with E-state index in [1.165, 1.54) is 20.4 Å². The summed E-state index contributed by atoms with van der Waals surface area (Å²) < 4.78 is 37.0. The summed E-state index contributed by atoms with van der Waals surface area (Å²) in [5.74, 6) is -2.89. The number of likely N-dealkylation sites (tertiary alicyclic amines) is 1. The van der Waals surface area contributed by atoms with Gasteiger partial charge in [-0.25, -0.2) is 23.1 Å². The van der Waals surface area contributed by atoms with Crippen LogP contribution in [0.1, 0.15) is 60.6 Å². The molecule has 0 radical (unpaired) electrons.